The Kier molecular flexibility index (Phi) is 3.43. The van der Waals surface area contributed by atoms with Crippen molar-refractivity contribution in [2.75, 3.05) is 13.1 Å². The van der Waals surface area contributed by atoms with Gasteiger partial charge in [-0.25, -0.2) is 0 Å². The highest BCUT2D eigenvalue weighted by Crippen LogP contribution is 2.18. The van der Waals surface area contributed by atoms with E-state index < -0.39 is 6.04 Å². The zero-order valence-corrected chi connectivity index (χ0v) is 11.7. The molecule has 0 radical (unpaired) electrons. The highest BCUT2D eigenvalue weighted by molar-refractivity contribution is 5.97. The van der Waals surface area contributed by atoms with Gasteiger partial charge in [0.05, 0.1) is 5.69 Å². The fourth-order valence-electron chi connectivity index (χ4n) is 2.40. The molecule has 0 aliphatic carbocycles. The minimum absolute atomic E-state index is 0.127. The molecule has 1 aliphatic heterocycles. The van der Waals surface area contributed by atoms with Crippen LogP contribution < -0.4 is 5.32 Å². The van der Waals surface area contributed by atoms with E-state index in [1.807, 2.05) is 30.3 Å². The number of nitrogens with zero attached hydrogens (tertiary/aromatic N) is 2. The van der Waals surface area contributed by atoms with Crippen molar-refractivity contribution in [2.45, 2.75) is 13.0 Å². The van der Waals surface area contributed by atoms with E-state index in [0.29, 0.717) is 24.5 Å². The van der Waals surface area contributed by atoms with Crippen molar-refractivity contribution in [3.05, 3.63) is 42.1 Å². The molecule has 1 atom stereocenters. The zero-order valence-electron chi connectivity index (χ0n) is 11.7. The van der Waals surface area contributed by atoms with Crippen LogP contribution in [-0.4, -0.2) is 46.0 Å². The summed E-state index contributed by atoms with van der Waals surface area (Å²) in [4.78, 5) is 25.7. The third-order valence-electron chi connectivity index (χ3n) is 3.64. The summed E-state index contributed by atoms with van der Waals surface area (Å²) in [5.74, 6) is -0.329. The average molecular weight is 284 g/mol. The van der Waals surface area contributed by atoms with Gasteiger partial charge in [0.1, 0.15) is 11.7 Å². The van der Waals surface area contributed by atoms with E-state index in [9.17, 15) is 9.59 Å². The quantitative estimate of drug-likeness (QED) is 0.865. The second-order valence-electron chi connectivity index (χ2n) is 5.00. The first-order valence-corrected chi connectivity index (χ1v) is 6.86. The number of carbonyl (C=O) groups excluding carboxylic acids is 2. The number of hydrogen-bond donors (Lipinski definition) is 2. The Morgan fingerprint density at radius 2 is 2.10 bits per heavy atom. The molecule has 2 aromatic rings. The molecular weight excluding hydrogens is 268 g/mol. The number of carbonyl (C=O) groups is 2. The van der Waals surface area contributed by atoms with Crippen LogP contribution in [0.1, 0.15) is 17.4 Å². The van der Waals surface area contributed by atoms with Crippen LogP contribution in [0.3, 0.4) is 0 Å². The highest BCUT2D eigenvalue weighted by atomic mass is 16.2. The Balaban J connectivity index is 1.83. The molecule has 21 heavy (non-hydrogen) atoms. The number of aromatic amines is 1. The van der Waals surface area contributed by atoms with Crippen LogP contribution in [0.2, 0.25) is 0 Å². The molecule has 1 fully saturated rings. The first-order valence-electron chi connectivity index (χ1n) is 6.86. The summed E-state index contributed by atoms with van der Waals surface area (Å²) in [6, 6.07) is 10.9. The van der Waals surface area contributed by atoms with Crippen molar-refractivity contribution >= 4 is 11.8 Å². The second kappa shape index (κ2) is 5.40. The lowest BCUT2D eigenvalue weighted by molar-refractivity contribution is -0.127. The Bertz CT molecular complexity index is 665. The number of amides is 2. The first kappa shape index (κ1) is 13.4. The average Bonchev–Trinajstić information content (AvgIpc) is 3.00. The van der Waals surface area contributed by atoms with Crippen molar-refractivity contribution in [1.29, 1.82) is 0 Å². The standard InChI is InChI=1S/C15H16N4O2/c1-10-14(20)16-7-8-19(10)15(21)13-9-12(17-18-13)11-5-3-2-4-6-11/h2-6,9-10H,7-8H2,1H3,(H,16,20)(H,17,18). The van der Waals surface area contributed by atoms with Gasteiger partial charge in [-0.15, -0.1) is 0 Å². The van der Waals surface area contributed by atoms with Gasteiger partial charge < -0.3 is 10.2 Å². The maximum Gasteiger partial charge on any atom is 0.272 e. The van der Waals surface area contributed by atoms with E-state index in [-0.39, 0.29) is 11.8 Å². The molecule has 2 amide bonds. The van der Waals surface area contributed by atoms with Crippen LogP contribution in [0, 0.1) is 0 Å². The molecule has 3 rings (SSSR count). The molecule has 1 aromatic heterocycles. The summed E-state index contributed by atoms with van der Waals surface area (Å²) in [7, 11) is 0. The minimum atomic E-state index is -0.463. The largest absolute Gasteiger partial charge is 0.353 e. The van der Waals surface area contributed by atoms with Crippen LogP contribution in [0.15, 0.2) is 36.4 Å². The van der Waals surface area contributed by atoms with Crippen LogP contribution in [0.4, 0.5) is 0 Å². The first-order chi connectivity index (χ1) is 10.2. The molecule has 2 N–H and O–H groups in total. The lowest BCUT2D eigenvalue weighted by Gasteiger charge is -2.32. The van der Waals surface area contributed by atoms with Crippen molar-refractivity contribution < 1.29 is 9.59 Å². The zero-order chi connectivity index (χ0) is 14.8. The molecule has 2 heterocycles. The van der Waals surface area contributed by atoms with Gasteiger partial charge >= 0.3 is 0 Å². The third-order valence-corrected chi connectivity index (χ3v) is 3.64. The van der Waals surface area contributed by atoms with E-state index >= 15 is 0 Å². The van der Waals surface area contributed by atoms with E-state index in [0.717, 1.165) is 5.56 Å². The Morgan fingerprint density at radius 3 is 2.86 bits per heavy atom. The van der Waals surface area contributed by atoms with E-state index in [2.05, 4.69) is 15.5 Å². The summed E-state index contributed by atoms with van der Waals surface area (Å²) < 4.78 is 0. The molecule has 108 valence electrons. The molecule has 0 saturated carbocycles. The van der Waals surface area contributed by atoms with Crippen LogP contribution in [0.5, 0.6) is 0 Å². The number of benzene rings is 1. The van der Waals surface area contributed by atoms with Gasteiger partial charge in [-0.2, -0.15) is 5.10 Å². The normalized spacial score (nSPS) is 18.4. The van der Waals surface area contributed by atoms with Gasteiger partial charge in [0.2, 0.25) is 5.91 Å². The second-order valence-corrected chi connectivity index (χ2v) is 5.00. The van der Waals surface area contributed by atoms with Crippen LogP contribution in [-0.2, 0) is 4.79 Å². The van der Waals surface area contributed by atoms with E-state index in [4.69, 9.17) is 0 Å². The van der Waals surface area contributed by atoms with Crippen molar-refractivity contribution in [3.8, 4) is 11.3 Å². The number of piperazine rings is 1. The predicted octanol–water partition coefficient (Wildman–Crippen LogP) is 1.04. The van der Waals surface area contributed by atoms with Crippen molar-refractivity contribution in [3.63, 3.8) is 0 Å². The Labute approximate surface area is 122 Å². The molecule has 1 aromatic carbocycles. The SMILES string of the molecule is CC1C(=O)NCCN1C(=O)c1cc(-c2ccccc2)n[nH]1. The van der Waals surface area contributed by atoms with Crippen LogP contribution >= 0.6 is 0 Å². The molecule has 0 spiro atoms. The smallest absolute Gasteiger partial charge is 0.272 e. The summed E-state index contributed by atoms with van der Waals surface area (Å²) in [6.45, 7) is 2.71. The van der Waals surface area contributed by atoms with Gasteiger partial charge in [-0.05, 0) is 13.0 Å². The number of H-pyrrole nitrogens is 1. The fourth-order valence-corrected chi connectivity index (χ4v) is 2.40. The monoisotopic (exact) mass is 284 g/mol. The predicted molar refractivity (Wildman–Crippen MR) is 77.5 cm³/mol. The van der Waals surface area contributed by atoms with E-state index in [1.165, 1.54) is 0 Å². The van der Waals surface area contributed by atoms with Crippen LogP contribution in [0.25, 0.3) is 11.3 Å². The maximum atomic E-state index is 12.5. The molecule has 6 nitrogen and oxygen atoms in total. The van der Waals surface area contributed by atoms with Gasteiger partial charge in [-0.1, -0.05) is 30.3 Å². The number of aromatic nitrogens is 2. The highest BCUT2D eigenvalue weighted by Gasteiger charge is 2.30. The molecule has 0 bridgehead atoms. The maximum absolute atomic E-state index is 12.5. The van der Waals surface area contributed by atoms with Gasteiger partial charge in [0.15, 0.2) is 0 Å². The van der Waals surface area contributed by atoms with E-state index in [1.54, 1.807) is 17.9 Å². The lowest BCUT2D eigenvalue weighted by Crippen LogP contribution is -2.55. The number of nitrogens with one attached hydrogen (secondary N) is 2. The summed E-state index contributed by atoms with van der Waals surface area (Å²) in [5, 5.41) is 9.68. The van der Waals surface area contributed by atoms with Gasteiger partial charge in [-0.3, -0.25) is 14.7 Å². The Hall–Kier alpha value is -2.63. The molecule has 1 unspecified atom stereocenters. The number of rotatable bonds is 2. The molecule has 1 aliphatic rings. The topological polar surface area (TPSA) is 78.1 Å². The summed E-state index contributed by atoms with van der Waals surface area (Å²) >= 11 is 0. The minimum Gasteiger partial charge on any atom is -0.353 e. The molecular formula is C15H16N4O2. The third kappa shape index (κ3) is 2.52. The lowest BCUT2D eigenvalue weighted by atomic mass is 10.1. The molecule has 1 saturated heterocycles. The van der Waals surface area contributed by atoms with Gasteiger partial charge in [0, 0.05) is 18.7 Å². The number of hydrogen-bond acceptors (Lipinski definition) is 3. The van der Waals surface area contributed by atoms with Crippen molar-refractivity contribution in [2.24, 2.45) is 0 Å². The molecule has 6 heteroatoms. The Morgan fingerprint density at radius 1 is 1.33 bits per heavy atom. The summed E-state index contributed by atoms with van der Waals surface area (Å²) in [6.07, 6.45) is 0. The van der Waals surface area contributed by atoms with Gasteiger partial charge in [0.25, 0.3) is 5.91 Å². The van der Waals surface area contributed by atoms with Crippen molar-refractivity contribution in [1.82, 2.24) is 20.4 Å². The summed E-state index contributed by atoms with van der Waals surface area (Å²) in [5.41, 5.74) is 2.06. The fraction of sp³-hybridized carbons (Fsp3) is 0.267.